The van der Waals surface area contributed by atoms with Gasteiger partial charge >= 0.3 is 0 Å². The lowest BCUT2D eigenvalue weighted by Crippen LogP contribution is -2.24. The van der Waals surface area contributed by atoms with Gasteiger partial charge in [0.15, 0.2) is 0 Å². The van der Waals surface area contributed by atoms with Gasteiger partial charge in [0.05, 0.1) is 0 Å². The molecule has 23 aromatic rings. The third-order valence-corrected chi connectivity index (χ3v) is 35.0. The molecular weight excluding hydrogens is 1760 g/mol. The minimum atomic E-state index is -0.440. The number of para-hydroxylation sites is 2. The van der Waals surface area contributed by atoms with Crippen molar-refractivity contribution >= 4 is 43.9 Å². The van der Waals surface area contributed by atoms with E-state index in [0.29, 0.717) is 0 Å². The maximum atomic E-state index is 7.35. The van der Waals surface area contributed by atoms with Crippen molar-refractivity contribution in [1.29, 1.82) is 0 Å². The molecule has 2 heterocycles. The molecule has 0 aliphatic heterocycles. The lowest BCUT2D eigenvalue weighted by molar-refractivity contribution is 0.601. The van der Waals surface area contributed by atoms with Crippen molar-refractivity contribution in [3.63, 3.8) is 0 Å². The van der Waals surface area contributed by atoms with Gasteiger partial charge in [0.25, 0.3) is 0 Å². The van der Waals surface area contributed by atoms with Crippen molar-refractivity contribution in [3.8, 4) is 200 Å². The standard InChI is InChI=1S/C144H106O2/c1-139(2)119-73-91(47-55-105(119)109-59-51-95(77-123(109)139)103-69-99(85-35-21-15-22-36-85)67-101(71-103)89-41-29-39-87(65-89)83-31-17-13-18-32-83)93-49-57-107-111-61-53-97(79-125(111)141(5,6)121(107)75-93)117-81-127-131(133-113-43-25-27-45-129(113)145-137(117)133)115-63-64-116-132-128(144(11,12)136(116)135(115)143(127,9)10)82-118(138-134(132)114-44-26-28-46-130(114)146-138)98-54-62-112-108-58-50-94(76-122(108)142(7,8)126(112)80-98)92-48-56-106-110-60-52-96(78-124(110)140(3,4)120(106)74-92)104-70-100(86-37-23-16-24-38-86)68-102(72-104)90-42-30-40-88(66-90)84-33-19-14-20-34-84/h13-82H,1-12H3. The van der Waals surface area contributed by atoms with Crippen LogP contribution in [0.1, 0.15) is 150 Å². The first-order valence-electron chi connectivity index (χ1n) is 51.9. The Balaban J connectivity index is 0.471. The van der Waals surface area contributed by atoms with E-state index in [1.165, 1.54) is 256 Å². The summed E-state index contributed by atoms with van der Waals surface area (Å²) in [7, 11) is 0. The first-order chi connectivity index (χ1) is 70.8. The molecule has 6 aliphatic rings. The molecule has 146 heavy (non-hydrogen) atoms. The maximum Gasteiger partial charge on any atom is 0.143 e. The number of furan rings is 2. The Morgan fingerprint density at radius 3 is 0.616 bits per heavy atom. The largest absolute Gasteiger partial charge is 0.455 e. The van der Waals surface area contributed by atoms with Crippen LogP contribution >= 0.6 is 0 Å². The van der Waals surface area contributed by atoms with E-state index in [0.717, 1.165) is 55.4 Å². The smallest absolute Gasteiger partial charge is 0.143 e. The first-order valence-corrected chi connectivity index (χ1v) is 51.9. The second kappa shape index (κ2) is 30.9. The second-order valence-corrected chi connectivity index (χ2v) is 45.3. The van der Waals surface area contributed by atoms with Crippen molar-refractivity contribution < 1.29 is 8.83 Å². The summed E-state index contributed by atoms with van der Waals surface area (Å²) in [5.74, 6) is 0. The van der Waals surface area contributed by atoms with Crippen molar-refractivity contribution in [1.82, 2.24) is 0 Å². The SMILES string of the molecule is CC1(C)c2cc(-c3cc(-c4ccccc4)cc(-c4cccc(-c5ccccc5)c4)c3)ccc2-c2ccc(-c3ccc4c(c3)C(C)(C)c3cc(-c5cc6c(c7c5oc5ccccc57)-c5ccc7c(c5C6(C)C)C(C)(C)c5cc(-c6ccc8c(c6)C(C)(C)c6cc(-c9ccc%10c(c9)C(C)(C)c9cc(-c%11cc(-c%12ccccc%12)cc(-c%12cccc(-c%13ccccc%13)c%12)c%11)ccc9-%10)ccc6-8)c6oc8ccccc8c6c5-7)ccc3-4)cc21. The van der Waals surface area contributed by atoms with Gasteiger partial charge < -0.3 is 8.83 Å². The van der Waals surface area contributed by atoms with Crippen LogP contribution in [0.5, 0.6) is 0 Å². The molecule has 0 saturated carbocycles. The molecule has 0 spiro atoms. The molecule has 0 fully saturated rings. The highest BCUT2D eigenvalue weighted by Gasteiger charge is 2.50. The Labute approximate surface area is 853 Å². The molecule has 0 unspecified atom stereocenters. The van der Waals surface area contributed by atoms with E-state index >= 15 is 0 Å². The second-order valence-electron chi connectivity index (χ2n) is 45.3. The van der Waals surface area contributed by atoms with Gasteiger partial charge in [0, 0.05) is 65.2 Å². The van der Waals surface area contributed by atoms with Crippen LogP contribution in [-0.4, -0.2) is 0 Å². The van der Waals surface area contributed by atoms with E-state index in [4.69, 9.17) is 8.83 Å². The van der Waals surface area contributed by atoms with Crippen LogP contribution in [0.2, 0.25) is 0 Å². The van der Waals surface area contributed by atoms with E-state index in [2.05, 4.69) is 508 Å². The fraction of sp³-hybridized carbons (Fsp3) is 0.125. The van der Waals surface area contributed by atoms with Crippen molar-refractivity contribution in [3.05, 3.63) is 491 Å². The van der Waals surface area contributed by atoms with E-state index in [-0.39, 0.29) is 21.7 Å². The molecule has 2 heteroatoms. The van der Waals surface area contributed by atoms with Crippen LogP contribution in [0.25, 0.3) is 244 Å². The van der Waals surface area contributed by atoms with Crippen LogP contribution in [0.4, 0.5) is 0 Å². The average molecular weight is 1870 g/mol. The Morgan fingerprint density at radius 2 is 0.336 bits per heavy atom. The lowest BCUT2D eigenvalue weighted by Gasteiger charge is -2.31. The monoisotopic (exact) mass is 1870 g/mol. The predicted molar refractivity (Wildman–Crippen MR) is 612 cm³/mol. The molecular formula is C144H106O2. The minimum Gasteiger partial charge on any atom is -0.455 e. The molecule has 21 aromatic carbocycles. The molecule has 0 atom stereocenters. The van der Waals surface area contributed by atoms with Crippen LogP contribution in [0.15, 0.2) is 433 Å². The van der Waals surface area contributed by atoms with Gasteiger partial charge in [-0.25, -0.2) is 0 Å². The van der Waals surface area contributed by atoms with Crippen LogP contribution in [0, 0.1) is 0 Å². The van der Waals surface area contributed by atoms with E-state index in [1.54, 1.807) is 0 Å². The lowest BCUT2D eigenvalue weighted by atomic mass is 9.72. The summed E-state index contributed by atoms with van der Waals surface area (Å²) in [6.45, 7) is 29.4. The summed E-state index contributed by atoms with van der Waals surface area (Å²) in [5.41, 5.74) is 62.1. The topological polar surface area (TPSA) is 26.3 Å². The fourth-order valence-electron chi connectivity index (χ4n) is 27.3. The first kappa shape index (κ1) is 85.9. The summed E-state index contributed by atoms with van der Waals surface area (Å²) in [6, 6.07) is 161. The summed E-state index contributed by atoms with van der Waals surface area (Å²) in [6.07, 6.45) is 0. The molecule has 0 bridgehead atoms. The molecule has 2 aromatic heterocycles. The average Bonchev–Trinajstić information content (AvgIpc) is 1.50. The Morgan fingerprint density at radius 1 is 0.137 bits per heavy atom. The zero-order valence-corrected chi connectivity index (χ0v) is 84.2. The summed E-state index contributed by atoms with van der Waals surface area (Å²) >= 11 is 0. The number of benzene rings is 21. The molecule has 0 amide bonds. The van der Waals surface area contributed by atoms with Gasteiger partial charge in [0.1, 0.15) is 22.3 Å². The molecule has 694 valence electrons. The molecule has 6 aliphatic carbocycles. The predicted octanol–water partition coefficient (Wildman–Crippen LogP) is 39.3. The van der Waals surface area contributed by atoms with Crippen molar-refractivity contribution in [2.75, 3.05) is 0 Å². The summed E-state index contributed by atoms with van der Waals surface area (Å²) in [5, 5.41) is 4.64. The fourth-order valence-corrected chi connectivity index (χ4v) is 27.3. The number of rotatable bonds is 12. The zero-order valence-electron chi connectivity index (χ0n) is 84.2. The highest BCUT2D eigenvalue weighted by molar-refractivity contribution is 6.22. The Kier molecular flexibility index (Phi) is 18.2. The summed E-state index contributed by atoms with van der Waals surface area (Å²) < 4.78 is 14.7. The van der Waals surface area contributed by atoms with Gasteiger partial charge in [0.2, 0.25) is 0 Å². The number of hydrogen-bond donors (Lipinski definition) is 0. The van der Waals surface area contributed by atoms with Crippen LogP contribution in [0.3, 0.4) is 0 Å². The molecule has 0 N–H and O–H groups in total. The van der Waals surface area contributed by atoms with E-state index in [1.807, 2.05) is 0 Å². The normalized spacial score (nSPS) is 15.0. The van der Waals surface area contributed by atoms with Gasteiger partial charge in [-0.3, -0.25) is 0 Å². The maximum absolute atomic E-state index is 7.35. The van der Waals surface area contributed by atoms with Crippen LogP contribution in [-0.2, 0) is 32.5 Å². The minimum absolute atomic E-state index is 0.257. The summed E-state index contributed by atoms with van der Waals surface area (Å²) in [4.78, 5) is 0. The third-order valence-electron chi connectivity index (χ3n) is 35.0. The van der Waals surface area contributed by atoms with Gasteiger partial charge in [-0.2, -0.15) is 0 Å². The van der Waals surface area contributed by atoms with Crippen LogP contribution < -0.4 is 0 Å². The number of fused-ring (bicyclic) bond motifs is 27. The highest BCUT2D eigenvalue weighted by Crippen LogP contribution is 2.66. The Bertz CT molecular complexity index is 9080. The molecule has 0 saturated heterocycles. The van der Waals surface area contributed by atoms with Crippen molar-refractivity contribution in [2.24, 2.45) is 0 Å². The van der Waals surface area contributed by atoms with E-state index in [9.17, 15) is 0 Å². The van der Waals surface area contributed by atoms with Gasteiger partial charge in [-0.1, -0.05) is 386 Å². The Hall–Kier alpha value is -16.8. The number of hydrogen-bond acceptors (Lipinski definition) is 2. The third kappa shape index (κ3) is 12.5. The van der Waals surface area contributed by atoms with Gasteiger partial charge in [-0.05, 0) is 377 Å². The zero-order chi connectivity index (χ0) is 98.2. The molecule has 29 rings (SSSR count). The van der Waals surface area contributed by atoms with Gasteiger partial charge in [-0.15, -0.1) is 0 Å². The highest BCUT2D eigenvalue weighted by atomic mass is 16.3. The van der Waals surface area contributed by atoms with E-state index < -0.39 is 10.8 Å². The molecule has 0 radical (unpaired) electrons. The quantitative estimate of drug-likeness (QED) is 0.122. The van der Waals surface area contributed by atoms with Crippen molar-refractivity contribution in [2.45, 2.75) is 116 Å². The molecule has 2 nitrogen and oxygen atoms in total.